The van der Waals surface area contributed by atoms with Gasteiger partial charge < -0.3 is 10.2 Å². The van der Waals surface area contributed by atoms with Crippen LogP contribution in [0, 0.1) is 15.9 Å². The van der Waals surface area contributed by atoms with Crippen LogP contribution in [0.5, 0.6) is 0 Å². The summed E-state index contributed by atoms with van der Waals surface area (Å²) in [5, 5.41) is 13.6. The molecule has 0 aromatic heterocycles. The van der Waals surface area contributed by atoms with E-state index in [1.807, 2.05) is 4.90 Å². The van der Waals surface area contributed by atoms with Crippen molar-refractivity contribution < 1.29 is 14.1 Å². The molecule has 2 aromatic rings. The quantitative estimate of drug-likeness (QED) is 0.687. The first kappa shape index (κ1) is 15.9. The highest BCUT2D eigenvalue weighted by Crippen LogP contribution is 2.29. The molecule has 1 amide bonds. The van der Waals surface area contributed by atoms with Crippen LogP contribution >= 0.6 is 0 Å². The molecule has 124 valence electrons. The Bertz CT molecular complexity index is 788. The number of benzene rings is 2. The second-order valence-electron chi connectivity index (χ2n) is 5.62. The van der Waals surface area contributed by atoms with Gasteiger partial charge in [-0.2, -0.15) is 0 Å². The molecule has 0 unspecified atom stereocenters. The second-order valence-corrected chi connectivity index (χ2v) is 5.62. The maximum absolute atomic E-state index is 13.3. The molecule has 2 aromatic carbocycles. The minimum atomic E-state index is -0.535. The maximum Gasteiger partial charge on any atom is 0.270 e. The van der Waals surface area contributed by atoms with E-state index >= 15 is 0 Å². The zero-order valence-corrected chi connectivity index (χ0v) is 12.9. The molecule has 1 fully saturated rings. The lowest BCUT2D eigenvalue weighted by Crippen LogP contribution is -2.23. The van der Waals surface area contributed by atoms with Crippen molar-refractivity contribution in [2.45, 2.75) is 12.8 Å². The van der Waals surface area contributed by atoms with Gasteiger partial charge in [-0.15, -0.1) is 0 Å². The van der Waals surface area contributed by atoms with Crippen molar-refractivity contribution in [2.75, 3.05) is 23.3 Å². The van der Waals surface area contributed by atoms with E-state index in [-0.39, 0.29) is 11.3 Å². The summed E-state index contributed by atoms with van der Waals surface area (Å²) in [5.41, 5.74) is 1.03. The van der Waals surface area contributed by atoms with Crippen LogP contribution in [0.4, 0.5) is 21.5 Å². The van der Waals surface area contributed by atoms with Crippen LogP contribution < -0.4 is 10.2 Å². The molecular weight excluding hydrogens is 313 g/mol. The number of anilines is 2. The zero-order valence-electron chi connectivity index (χ0n) is 12.9. The molecule has 1 N–H and O–H groups in total. The summed E-state index contributed by atoms with van der Waals surface area (Å²) in [6.45, 7) is 1.61. The lowest BCUT2D eigenvalue weighted by Gasteiger charge is -2.20. The van der Waals surface area contributed by atoms with Crippen LogP contribution in [0.25, 0.3) is 0 Å². The third-order valence-corrected chi connectivity index (χ3v) is 3.96. The van der Waals surface area contributed by atoms with Gasteiger partial charge in [0.2, 0.25) is 0 Å². The molecule has 1 saturated heterocycles. The molecule has 0 spiro atoms. The van der Waals surface area contributed by atoms with Crippen LogP contribution in [-0.4, -0.2) is 23.9 Å². The molecule has 1 aliphatic heterocycles. The van der Waals surface area contributed by atoms with E-state index in [4.69, 9.17) is 0 Å². The first-order chi connectivity index (χ1) is 11.5. The number of rotatable bonds is 4. The lowest BCUT2D eigenvalue weighted by atomic mass is 10.1. The number of nitrogens with one attached hydrogen (secondary N) is 1. The van der Waals surface area contributed by atoms with E-state index in [1.165, 1.54) is 30.3 Å². The largest absolute Gasteiger partial charge is 0.371 e. The highest BCUT2D eigenvalue weighted by atomic mass is 19.1. The molecule has 7 heteroatoms. The molecular formula is C17H16FN3O3. The normalized spacial score (nSPS) is 13.8. The van der Waals surface area contributed by atoms with Gasteiger partial charge in [-0.1, -0.05) is 6.07 Å². The van der Waals surface area contributed by atoms with Crippen molar-refractivity contribution >= 4 is 23.0 Å². The Hall–Kier alpha value is -2.96. The Morgan fingerprint density at radius 3 is 2.58 bits per heavy atom. The summed E-state index contributed by atoms with van der Waals surface area (Å²) in [5.74, 6) is -0.960. The number of nitro groups is 1. The predicted octanol–water partition coefficient (Wildman–Crippen LogP) is 3.59. The van der Waals surface area contributed by atoms with E-state index in [1.54, 1.807) is 12.1 Å². The van der Waals surface area contributed by atoms with E-state index in [9.17, 15) is 19.3 Å². The number of halogens is 1. The van der Waals surface area contributed by atoms with Gasteiger partial charge in [-0.05, 0) is 37.1 Å². The Labute approximate surface area is 138 Å². The summed E-state index contributed by atoms with van der Waals surface area (Å²) in [6, 6.07) is 9.79. The fraction of sp³-hybridized carbons (Fsp3) is 0.235. The first-order valence-electron chi connectivity index (χ1n) is 7.65. The average molecular weight is 329 g/mol. The first-order valence-corrected chi connectivity index (χ1v) is 7.65. The van der Waals surface area contributed by atoms with Crippen molar-refractivity contribution in [3.05, 3.63) is 64.0 Å². The highest BCUT2D eigenvalue weighted by Gasteiger charge is 2.22. The predicted molar refractivity (Wildman–Crippen MR) is 88.9 cm³/mol. The second kappa shape index (κ2) is 6.66. The van der Waals surface area contributed by atoms with Gasteiger partial charge in [-0.3, -0.25) is 14.9 Å². The third kappa shape index (κ3) is 3.34. The standard InChI is InChI=1S/C17H16FN3O3/c18-12-4-3-5-13(10-12)19-17(22)15-11-14(21(23)24)6-7-16(15)20-8-1-2-9-20/h3-7,10-11H,1-2,8-9H2,(H,19,22). The minimum absolute atomic E-state index is 0.151. The molecule has 0 atom stereocenters. The number of non-ortho nitro benzene ring substituents is 1. The molecule has 3 rings (SSSR count). The number of nitrogens with zero attached hydrogens (tertiary/aromatic N) is 2. The molecule has 1 heterocycles. The fourth-order valence-electron chi connectivity index (χ4n) is 2.82. The van der Waals surface area contributed by atoms with E-state index in [0.29, 0.717) is 11.4 Å². The van der Waals surface area contributed by atoms with Crippen LogP contribution in [0.2, 0.25) is 0 Å². The van der Waals surface area contributed by atoms with Crippen LogP contribution in [0.3, 0.4) is 0 Å². The summed E-state index contributed by atoms with van der Waals surface area (Å²) < 4.78 is 13.3. The van der Waals surface area contributed by atoms with E-state index < -0.39 is 16.6 Å². The van der Waals surface area contributed by atoms with Crippen LogP contribution in [0.1, 0.15) is 23.2 Å². The molecule has 24 heavy (non-hydrogen) atoms. The molecule has 0 bridgehead atoms. The Morgan fingerprint density at radius 1 is 1.17 bits per heavy atom. The number of carbonyl (C=O) groups excluding carboxylic acids is 1. The number of carbonyl (C=O) groups is 1. The summed E-state index contributed by atoms with van der Waals surface area (Å²) >= 11 is 0. The van der Waals surface area contributed by atoms with Gasteiger partial charge in [0.1, 0.15) is 5.82 Å². The van der Waals surface area contributed by atoms with Crippen molar-refractivity contribution in [3.63, 3.8) is 0 Å². The maximum atomic E-state index is 13.3. The Balaban J connectivity index is 1.95. The van der Waals surface area contributed by atoms with Gasteiger partial charge >= 0.3 is 0 Å². The Kier molecular flexibility index (Phi) is 4.41. The summed E-state index contributed by atoms with van der Waals surface area (Å²) in [7, 11) is 0. The third-order valence-electron chi connectivity index (χ3n) is 3.96. The van der Waals surface area contributed by atoms with Gasteiger partial charge in [-0.25, -0.2) is 4.39 Å². The van der Waals surface area contributed by atoms with Crippen LogP contribution in [-0.2, 0) is 0 Å². The summed E-state index contributed by atoms with van der Waals surface area (Å²) in [4.78, 5) is 25.1. The van der Waals surface area contributed by atoms with Crippen LogP contribution in [0.15, 0.2) is 42.5 Å². The highest BCUT2D eigenvalue weighted by molar-refractivity contribution is 6.08. The fourth-order valence-corrected chi connectivity index (χ4v) is 2.82. The SMILES string of the molecule is O=C(Nc1cccc(F)c1)c1cc([N+](=O)[O-])ccc1N1CCCC1. The average Bonchev–Trinajstić information content (AvgIpc) is 3.08. The van der Waals surface area contributed by atoms with Crippen molar-refractivity contribution in [3.8, 4) is 0 Å². The minimum Gasteiger partial charge on any atom is -0.371 e. The van der Waals surface area contributed by atoms with Crippen molar-refractivity contribution in [1.82, 2.24) is 0 Å². The molecule has 1 aliphatic rings. The van der Waals surface area contributed by atoms with Gasteiger partial charge in [0, 0.05) is 30.9 Å². The van der Waals surface area contributed by atoms with Crippen molar-refractivity contribution in [2.24, 2.45) is 0 Å². The zero-order chi connectivity index (χ0) is 17.1. The molecule has 0 radical (unpaired) electrons. The number of amides is 1. The molecule has 0 saturated carbocycles. The van der Waals surface area contributed by atoms with E-state index in [2.05, 4.69) is 5.32 Å². The topological polar surface area (TPSA) is 75.5 Å². The number of nitro benzene ring substituents is 1. The molecule has 6 nitrogen and oxygen atoms in total. The van der Waals surface area contributed by atoms with Crippen molar-refractivity contribution in [1.29, 1.82) is 0 Å². The number of hydrogen-bond donors (Lipinski definition) is 1. The van der Waals surface area contributed by atoms with Gasteiger partial charge in [0.15, 0.2) is 0 Å². The van der Waals surface area contributed by atoms with Gasteiger partial charge in [0.25, 0.3) is 11.6 Å². The number of hydrogen-bond acceptors (Lipinski definition) is 4. The van der Waals surface area contributed by atoms with E-state index in [0.717, 1.165) is 25.9 Å². The van der Waals surface area contributed by atoms with Gasteiger partial charge in [0.05, 0.1) is 16.2 Å². The Morgan fingerprint density at radius 2 is 1.92 bits per heavy atom. The smallest absolute Gasteiger partial charge is 0.270 e. The lowest BCUT2D eigenvalue weighted by molar-refractivity contribution is -0.384. The monoisotopic (exact) mass is 329 g/mol. The summed E-state index contributed by atoms with van der Waals surface area (Å²) in [6.07, 6.45) is 2.03. The molecule has 0 aliphatic carbocycles.